The maximum Gasteiger partial charge on any atom is 0.472 e. The van der Waals surface area contributed by atoms with Crippen molar-refractivity contribution in [2.24, 2.45) is 17.2 Å². The van der Waals surface area contributed by atoms with Crippen molar-refractivity contribution < 1.29 is 169 Å². The summed E-state index contributed by atoms with van der Waals surface area (Å²) in [6.07, 6.45) is -19.0. The van der Waals surface area contributed by atoms with Gasteiger partial charge in [-0.3, -0.25) is 93.6 Å². The Balaban J connectivity index is 0.000000287. The van der Waals surface area contributed by atoms with E-state index in [1.54, 1.807) is 0 Å². The van der Waals surface area contributed by atoms with Crippen molar-refractivity contribution in [1.29, 1.82) is 0 Å². The molecule has 4 aromatic rings. The van der Waals surface area contributed by atoms with Gasteiger partial charge >= 0.3 is 31.3 Å². The summed E-state index contributed by atoms with van der Waals surface area (Å²) >= 11 is 20.0. The SMILES string of the molecule is [2H]C([2H])(OP(=O)(O)OCC(N)[C@H](O)[C@@H](C)O)[C@H]1O[C@@H](n2ccc(=O)[nH]c2=S)C(C)(O)[C@H]1O.[2H]C([2H])(OP(=O)(O)OCCCOC)[C@H]1O[C@@H](n2ccc(=O)[nH]c2=S)C(C)(O)[C@H]1O.[2H]C([2H])(OP(=O)(O)OC[C@@H](N)COC)[C@H]1O[C@@H](n2ccc(=O)[nH]c2=S)C(C)(O)[C@H]1O.[2H]C([2H])(OP(=O)(O)OC[C@H](N)COC)[C@H]1O[C@@H](n2ccc(=O)[nH]c2=S)C(C)(O)[C@H]1O. The number of aliphatic hydroxyl groups excluding tert-OH is 6. The Labute approximate surface area is 673 Å². The molecule has 24 N–H and O–H groups in total. The number of phosphoric ester groups is 4. The van der Waals surface area contributed by atoms with E-state index < -0.39 is 226 Å². The van der Waals surface area contributed by atoms with Gasteiger partial charge in [0, 0.05) is 77.0 Å². The molecule has 0 amide bonds. The molecule has 8 rings (SSSR count). The lowest BCUT2D eigenvalue weighted by Crippen LogP contribution is -2.45. The van der Waals surface area contributed by atoms with E-state index in [1.165, 1.54) is 46.8 Å². The number of aliphatic hydroxyl groups is 10. The third-order valence-electron chi connectivity index (χ3n) is 16.0. The minimum atomic E-state index is -5.16. The van der Waals surface area contributed by atoms with Crippen LogP contribution >= 0.6 is 80.2 Å². The monoisotopic (exact) mass is 1790 g/mol. The van der Waals surface area contributed by atoms with Crippen LogP contribution < -0.4 is 39.4 Å². The van der Waals surface area contributed by atoms with Crippen LogP contribution in [0.1, 0.15) is 76.9 Å². The summed E-state index contributed by atoms with van der Waals surface area (Å²) in [7, 11) is -15.8. The zero-order chi connectivity index (χ0) is 92.5. The fourth-order valence-electron chi connectivity index (χ4n) is 9.92. The zero-order valence-electron chi connectivity index (χ0n) is 68.7. The second-order valence-electron chi connectivity index (χ2n) is 25.5. The van der Waals surface area contributed by atoms with Crippen LogP contribution in [-0.4, -0.2) is 304 Å². The Hall–Kier alpha value is -3.96. The molecule has 8 heterocycles. The molecule has 0 saturated carbocycles. The van der Waals surface area contributed by atoms with Gasteiger partial charge in [0.2, 0.25) is 0 Å². The Morgan fingerprint density at radius 3 is 0.929 bits per heavy atom. The van der Waals surface area contributed by atoms with Gasteiger partial charge in [-0.1, -0.05) is 0 Å². The Bertz CT molecular complexity index is 4700. The first-order valence-electron chi connectivity index (χ1n) is 36.5. The average Bonchev–Trinajstić information content (AvgIpc) is 1.61. The van der Waals surface area contributed by atoms with E-state index in [-0.39, 0.29) is 51.9 Å². The van der Waals surface area contributed by atoms with Crippen LogP contribution in [0.4, 0.5) is 0 Å². The second kappa shape index (κ2) is 42.8. The molecule has 4 aliphatic rings. The lowest BCUT2D eigenvalue weighted by Gasteiger charge is -2.28. The van der Waals surface area contributed by atoms with Crippen molar-refractivity contribution in [3.63, 3.8) is 0 Å². The van der Waals surface area contributed by atoms with E-state index in [9.17, 15) is 108 Å². The fraction of sp³-hybridized carbons (Fsp3) is 0.719. The van der Waals surface area contributed by atoms with Crippen molar-refractivity contribution in [2.75, 3.05) is 93.8 Å². The number of rotatable bonds is 36. The number of nitrogens with one attached hydrogen (secondary N) is 4. The van der Waals surface area contributed by atoms with Crippen LogP contribution in [0.15, 0.2) is 68.2 Å². The lowest BCUT2D eigenvalue weighted by molar-refractivity contribution is -0.0979. The van der Waals surface area contributed by atoms with Crippen LogP contribution in [0.5, 0.6) is 0 Å². The number of phosphoric acid groups is 4. The highest BCUT2D eigenvalue weighted by Gasteiger charge is 2.57. The van der Waals surface area contributed by atoms with Crippen LogP contribution in [0.3, 0.4) is 0 Å². The molecule has 113 heavy (non-hydrogen) atoms. The molecule has 0 spiro atoms. The number of hydrogen-bond acceptors (Lipinski definition) is 40. The Kier molecular flexibility index (Phi) is 32.9. The molecule has 48 nitrogen and oxygen atoms in total. The Morgan fingerprint density at radius 1 is 0.451 bits per heavy atom. The summed E-state index contributed by atoms with van der Waals surface area (Å²) < 4.78 is 189. The van der Waals surface area contributed by atoms with Crippen molar-refractivity contribution in [3.8, 4) is 0 Å². The van der Waals surface area contributed by atoms with E-state index >= 15 is 0 Å². The first kappa shape index (κ1) is 86.9. The number of nitrogens with zero attached hydrogens (tertiary/aromatic N) is 4. The van der Waals surface area contributed by atoms with Crippen LogP contribution in [-0.2, 0) is 87.6 Å². The van der Waals surface area contributed by atoms with Crippen molar-refractivity contribution in [3.05, 3.63) is 110 Å². The van der Waals surface area contributed by atoms with Crippen LogP contribution in [0.25, 0.3) is 0 Å². The number of H-pyrrole nitrogens is 4. The number of aromatic nitrogens is 8. The van der Waals surface area contributed by atoms with E-state index in [4.69, 9.17) is 110 Å². The van der Waals surface area contributed by atoms with E-state index in [1.807, 2.05) is 0 Å². The van der Waals surface area contributed by atoms with Crippen LogP contribution in [0, 0.1) is 19.1 Å². The molecular weight excluding hydrogens is 1680 g/mol. The van der Waals surface area contributed by atoms with Gasteiger partial charge in [-0.2, -0.15) is 0 Å². The van der Waals surface area contributed by atoms with Crippen molar-refractivity contribution in [1.82, 2.24) is 38.2 Å². The summed E-state index contributed by atoms with van der Waals surface area (Å²) in [6.45, 7) is -8.29. The van der Waals surface area contributed by atoms with E-state index in [0.29, 0.717) is 0 Å². The predicted molar refractivity (Wildman–Crippen MR) is 394 cm³/mol. The summed E-state index contributed by atoms with van der Waals surface area (Å²) in [5.74, 6) is 0. The molecule has 0 radical (unpaired) electrons. The van der Waals surface area contributed by atoms with Gasteiger partial charge in [0.15, 0.2) is 44.0 Å². The van der Waals surface area contributed by atoms with Gasteiger partial charge in [0.25, 0.3) is 22.2 Å². The molecule has 0 bridgehead atoms. The summed E-state index contributed by atoms with van der Waals surface area (Å²) in [4.78, 5) is 93.8. The lowest BCUT2D eigenvalue weighted by atomic mass is 9.96. The minimum absolute atomic E-state index is 0.0156. The molecule has 4 saturated heterocycles. The molecule has 9 unspecified atom stereocenters. The highest BCUT2D eigenvalue weighted by atomic mass is 32.1. The normalized spacial score (nSPS) is 32.5. The maximum absolute atomic E-state index is 12.2. The number of ether oxygens (including phenoxy) is 7. The first-order valence-corrected chi connectivity index (χ1v) is 40.2. The molecule has 4 aliphatic heterocycles. The molecule has 0 aliphatic carbocycles. The highest BCUT2D eigenvalue weighted by Crippen LogP contribution is 2.50. The largest absolute Gasteiger partial charge is 0.472 e. The topological polar surface area (TPSA) is 719 Å². The molecule has 4 fully saturated rings. The average molecular weight is 1790 g/mol. The Morgan fingerprint density at radius 2 is 0.699 bits per heavy atom. The summed E-state index contributed by atoms with van der Waals surface area (Å²) in [5.41, 5.74) is 6.11. The number of aromatic amines is 4. The minimum Gasteiger partial charge on any atom is -0.391 e. The molecule has 4 aromatic heterocycles. The van der Waals surface area contributed by atoms with Gasteiger partial charge < -0.3 is 121 Å². The zero-order valence-corrected chi connectivity index (χ0v) is 67.5. The molecule has 646 valence electrons. The van der Waals surface area contributed by atoms with Gasteiger partial charge in [0.1, 0.15) is 71.2 Å². The fourth-order valence-corrected chi connectivity index (χ4v) is 13.6. The third kappa shape index (κ3) is 28.3. The second-order valence-corrected chi connectivity index (χ2v) is 32.6. The third-order valence-corrected chi connectivity index (χ3v) is 20.5. The van der Waals surface area contributed by atoms with Gasteiger partial charge in [0.05, 0.1) is 107 Å². The van der Waals surface area contributed by atoms with Gasteiger partial charge in [-0.15, -0.1) is 0 Å². The maximum atomic E-state index is 12.2. The van der Waals surface area contributed by atoms with Gasteiger partial charge in [-0.25, -0.2) is 18.3 Å². The standard InChI is InChI=1S/C15H26N3O10PS.2C14H24N3O9PS.C14H23N2O9PS/c1-7(19)11(21)8(16)5-26-29(24,25)27-6-9-12(22)15(2,23)13(28-9)18-4-3-10(20)17-14(18)30;2*1-14(20)11(19)9(7-25-27(21,22)24-6-8(15)5-23-2)26-12(14)17-4-3-10(18)16-13(17)28;1-14(19)11(18)9(8-24-26(20,21)23-7-3-6-22-2)25-12(14)16-5-4-10(17)15-13(16)27/h3-4,7-9,11-13,19,21-23H,5-6,16H2,1-2H3,(H,24,25)(H,17,20,30);2*3-4,8-9,11-12,19-20H,5-7,15H2,1-2H3,(H,21,22)(H,16,18,28);4-5,9,11-12,18-19H,3,6-8H2,1-2H3,(H,20,21)(H,15,17,27)/t7-,8?,9-,11-,12+,13-,15?;8-,9+,11-,12+,14?;8-,9-,11+,12-,14?;9-,11+,12-,14?/m1011/s1/i6D2;2*7D2;8D2. The summed E-state index contributed by atoms with van der Waals surface area (Å²) in [6, 6.07) is 1.47. The molecule has 56 heteroatoms. The van der Waals surface area contributed by atoms with Crippen molar-refractivity contribution in [2.45, 2.75) is 168 Å². The predicted octanol–water partition coefficient (Wildman–Crippen LogP) is -3.75. The quantitative estimate of drug-likeness (QED) is 0.0118. The van der Waals surface area contributed by atoms with Crippen molar-refractivity contribution >= 4 is 80.2 Å². The molecule has 25 atom stereocenters. The number of methoxy groups -OCH3 is 3. The number of nitrogens with two attached hydrogens (primary N) is 3. The van der Waals surface area contributed by atoms with Crippen LogP contribution in [0.2, 0.25) is 0 Å². The number of hydrogen-bond donors (Lipinski definition) is 21. The summed E-state index contributed by atoms with van der Waals surface area (Å²) in [5, 5.41) is 103. The van der Waals surface area contributed by atoms with Gasteiger partial charge in [-0.05, 0) is 89.9 Å². The van der Waals surface area contributed by atoms with E-state index in [0.717, 1.165) is 76.4 Å². The smallest absolute Gasteiger partial charge is 0.391 e. The highest BCUT2D eigenvalue weighted by molar-refractivity contribution is 7.71. The van der Waals surface area contributed by atoms with E-state index in [2.05, 4.69) is 56.1 Å². The first-order chi connectivity index (χ1) is 55.2. The molecule has 0 aromatic carbocycles. The molecular formula is C57H97N11O37P4S4.